The van der Waals surface area contributed by atoms with Gasteiger partial charge in [0.05, 0.1) is 12.9 Å². The van der Waals surface area contributed by atoms with Crippen LogP contribution >= 0.6 is 7.82 Å². The second-order valence-corrected chi connectivity index (χ2v) is 8.19. The molecule has 1 saturated heterocycles. The van der Waals surface area contributed by atoms with Crippen LogP contribution in [0, 0.1) is 0 Å². The molecule has 3 rings (SSSR count). The van der Waals surface area contributed by atoms with Crippen molar-refractivity contribution < 1.29 is 38.3 Å². The number of phosphoric ester groups is 1. The fourth-order valence-electron chi connectivity index (χ4n) is 3.04. The van der Waals surface area contributed by atoms with E-state index < -0.39 is 44.9 Å². The molecular weight excluding hydrogens is 421 g/mol. The average Bonchev–Trinajstić information content (AvgIpc) is 3.23. The number of fused-ring (bicyclic) bond motifs is 1. The summed E-state index contributed by atoms with van der Waals surface area (Å²) in [6.07, 6.45) is -0.445. The standard InChI is InChI=1S/C16H24N5O8P/c1-2-3-4-5-10(22)29-30(25,26)27-6-9-12(23)13(24)16(28-9)21-8-20-11-14(17)18-7-19-15(11)21/h7-9,12-13,16,23-24H,2-6H2,1H3,(H,25,26)(H2,17,18,19)/t9-,12-,13-,16-/m1/s1. The van der Waals surface area contributed by atoms with E-state index in [9.17, 15) is 24.5 Å². The first-order valence-corrected chi connectivity index (χ1v) is 10.9. The van der Waals surface area contributed by atoms with Crippen LogP contribution < -0.4 is 5.73 Å². The van der Waals surface area contributed by atoms with Gasteiger partial charge in [0.1, 0.15) is 30.2 Å². The van der Waals surface area contributed by atoms with Crippen molar-refractivity contribution in [2.75, 3.05) is 12.3 Å². The highest BCUT2D eigenvalue weighted by Crippen LogP contribution is 2.45. The summed E-state index contributed by atoms with van der Waals surface area (Å²) in [5.74, 6) is -0.726. The van der Waals surface area contributed by atoms with E-state index in [-0.39, 0.29) is 23.4 Å². The Bertz CT molecular complexity index is 939. The fourth-order valence-corrected chi connectivity index (χ4v) is 3.78. The lowest BCUT2D eigenvalue weighted by molar-refractivity contribution is -0.136. The van der Waals surface area contributed by atoms with Crippen LogP contribution in [0.4, 0.5) is 5.82 Å². The van der Waals surface area contributed by atoms with Crippen LogP contribution in [0.1, 0.15) is 38.8 Å². The second kappa shape index (κ2) is 9.33. The Labute approximate surface area is 171 Å². The third-order valence-corrected chi connectivity index (χ3v) is 5.51. The van der Waals surface area contributed by atoms with Crippen molar-refractivity contribution in [3.8, 4) is 0 Å². The lowest BCUT2D eigenvalue weighted by Gasteiger charge is -2.17. The molecule has 0 saturated carbocycles. The van der Waals surface area contributed by atoms with Crippen LogP contribution in [0.3, 0.4) is 0 Å². The minimum absolute atomic E-state index is 0.0101. The number of aliphatic hydroxyl groups excluding tert-OH is 2. The Morgan fingerprint density at radius 3 is 2.80 bits per heavy atom. The van der Waals surface area contributed by atoms with E-state index in [1.165, 1.54) is 17.2 Å². The van der Waals surface area contributed by atoms with Gasteiger partial charge in [-0.05, 0) is 6.42 Å². The summed E-state index contributed by atoms with van der Waals surface area (Å²) in [6, 6.07) is 0. The van der Waals surface area contributed by atoms with Gasteiger partial charge in [-0.15, -0.1) is 0 Å². The maximum absolute atomic E-state index is 12.0. The Morgan fingerprint density at radius 1 is 1.30 bits per heavy atom. The molecule has 0 amide bonds. The highest BCUT2D eigenvalue weighted by Gasteiger charge is 2.45. The number of carbonyl (C=O) groups is 1. The van der Waals surface area contributed by atoms with Gasteiger partial charge in [0.2, 0.25) is 0 Å². The number of ether oxygens (including phenoxy) is 1. The van der Waals surface area contributed by atoms with Crippen molar-refractivity contribution in [1.29, 1.82) is 0 Å². The monoisotopic (exact) mass is 445 g/mol. The first-order valence-electron chi connectivity index (χ1n) is 9.38. The van der Waals surface area contributed by atoms with Crippen LogP contribution in [0.2, 0.25) is 0 Å². The summed E-state index contributed by atoms with van der Waals surface area (Å²) in [7, 11) is -4.70. The molecular formula is C16H24N5O8P. The number of unbranched alkanes of at least 4 members (excludes halogenated alkanes) is 2. The molecule has 1 aliphatic heterocycles. The van der Waals surface area contributed by atoms with Crippen molar-refractivity contribution in [2.45, 2.75) is 57.1 Å². The summed E-state index contributed by atoms with van der Waals surface area (Å²) in [6.45, 7) is 1.35. The van der Waals surface area contributed by atoms with E-state index in [4.69, 9.17) is 15.0 Å². The molecule has 2 aromatic rings. The number of nitrogen functional groups attached to an aromatic ring is 1. The molecule has 5 atom stereocenters. The van der Waals surface area contributed by atoms with E-state index in [0.717, 1.165) is 12.8 Å². The van der Waals surface area contributed by atoms with Gasteiger partial charge >= 0.3 is 13.8 Å². The largest absolute Gasteiger partial charge is 0.529 e. The molecule has 1 unspecified atom stereocenters. The topological polar surface area (TPSA) is 192 Å². The molecule has 13 nitrogen and oxygen atoms in total. The van der Waals surface area contributed by atoms with Crippen LogP contribution in [0.25, 0.3) is 11.2 Å². The van der Waals surface area contributed by atoms with Gasteiger partial charge in [-0.1, -0.05) is 19.8 Å². The van der Waals surface area contributed by atoms with Crippen LogP contribution in [0.5, 0.6) is 0 Å². The zero-order valence-corrected chi connectivity index (χ0v) is 17.1. The molecule has 3 heterocycles. The SMILES string of the molecule is CCCCCC(=O)OP(=O)(O)OC[C@H]1O[C@@H](n2cnc3c(N)ncnc32)[C@H](O)[C@@H]1O. The smallest absolute Gasteiger partial charge is 0.387 e. The number of carbonyl (C=O) groups excluding carboxylic acids is 1. The van der Waals surface area contributed by atoms with Crippen molar-refractivity contribution in [3.05, 3.63) is 12.7 Å². The molecule has 2 aromatic heterocycles. The Kier molecular flexibility index (Phi) is 7.01. The predicted octanol–water partition coefficient (Wildman–Crippen LogP) is 0.268. The van der Waals surface area contributed by atoms with Crippen molar-refractivity contribution >= 4 is 30.8 Å². The Morgan fingerprint density at radius 2 is 2.07 bits per heavy atom. The van der Waals surface area contributed by atoms with Gasteiger partial charge in [0.15, 0.2) is 17.7 Å². The highest BCUT2D eigenvalue weighted by atomic mass is 31.2. The average molecular weight is 445 g/mol. The number of aromatic nitrogens is 4. The number of anilines is 1. The van der Waals surface area contributed by atoms with Gasteiger partial charge in [0.25, 0.3) is 0 Å². The lowest BCUT2D eigenvalue weighted by Crippen LogP contribution is -2.33. The summed E-state index contributed by atoms with van der Waals surface area (Å²) < 4.78 is 28.2. The number of aliphatic hydroxyl groups is 2. The molecule has 0 bridgehead atoms. The second-order valence-electron chi connectivity index (χ2n) is 6.81. The van der Waals surface area contributed by atoms with Crippen molar-refractivity contribution in [3.63, 3.8) is 0 Å². The zero-order valence-electron chi connectivity index (χ0n) is 16.2. The van der Waals surface area contributed by atoms with Gasteiger partial charge in [0, 0.05) is 6.42 Å². The van der Waals surface area contributed by atoms with Gasteiger partial charge in [-0.2, -0.15) is 0 Å². The van der Waals surface area contributed by atoms with Crippen LogP contribution in [-0.2, 0) is 23.1 Å². The van der Waals surface area contributed by atoms with Gasteiger partial charge in [-0.3, -0.25) is 18.8 Å². The number of phosphoric acid groups is 1. The molecule has 0 spiro atoms. The Hall–Kier alpha value is -2.15. The molecule has 0 aromatic carbocycles. The third kappa shape index (κ3) is 4.94. The minimum Gasteiger partial charge on any atom is -0.387 e. The predicted molar refractivity (Wildman–Crippen MR) is 102 cm³/mol. The lowest BCUT2D eigenvalue weighted by atomic mass is 10.1. The number of imidazole rings is 1. The normalized spacial score (nSPS) is 26.0. The van der Waals surface area contributed by atoms with Gasteiger partial charge < -0.3 is 25.2 Å². The third-order valence-electron chi connectivity index (χ3n) is 4.60. The van der Waals surface area contributed by atoms with Crippen LogP contribution in [0.15, 0.2) is 12.7 Å². The first-order chi connectivity index (χ1) is 14.2. The van der Waals surface area contributed by atoms with E-state index in [1.807, 2.05) is 6.92 Å². The van der Waals surface area contributed by atoms with E-state index in [2.05, 4.69) is 19.5 Å². The Balaban J connectivity index is 1.62. The number of rotatable bonds is 9. The summed E-state index contributed by atoms with van der Waals surface area (Å²) in [5.41, 5.74) is 6.29. The highest BCUT2D eigenvalue weighted by molar-refractivity contribution is 7.48. The van der Waals surface area contributed by atoms with E-state index in [1.54, 1.807) is 0 Å². The molecule has 1 aliphatic rings. The molecule has 0 aliphatic carbocycles. The molecule has 1 fully saturated rings. The van der Waals surface area contributed by atoms with Gasteiger partial charge in [-0.25, -0.2) is 19.5 Å². The summed E-state index contributed by atoms with van der Waals surface area (Å²) >= 11 is 0. The number of nitrogens with zero attached hydrogens (tertiary/aromatic N) is 4. The first kappa shape index (κ1) is 22.5. The zero-order chi connectivity index (χ0) is 21.9. The summed E-state index contributed by atoms with van der Waals surface area (Å²) in [4.78, 5) is 33.3. The molecule has 5 N–H and O–H groups in total. The van der Waals surface area contributed by atoms with Crippen LogP contribution in [-0.4, -0.2) is 65.5 Å². The quantitative estimate of drug-likeness (QED) is 0.304. The number of hydrogen-bond donors (Lipinski definition) is 4. The number of hydrogen-bond acceptors (Lipinski definition) is 11. The molecule has 0 radical (unpaired) electrons. The minimum atomic E-state index is -4.70. The molecule has 30 heavy (non-hydrogen) atoms. The molecule has 166 valence electrons. The fraction of sp³-hybridized carbons (Fsp3) is 0.625. The summed E-state index contributed by atoms with van der Waals surface area (Å²) in [5, 5.41) is 20.6. The number of nitrogens with two attached hydrogens (primary N) is 1. The van der Waals surface area contributed by atoms with E-state index in [0.29, 0.717) is 6.42 Å². The van der Waals surface area contributed by atoms with Crippen molar-refractivity contribution in [1.82, 2.24) is 19.5 Å². The maximum Gasteiger partial charge on any atom is 0.529 e. The van der Waals surface area contributed by atoms with E-state index >= 15 is 0 Å². The molecule has 14 heteroatoms. The van der Waals surface area contributed by atoms with Crippen molar-refractivity contribution in [2.24, 2.45) is 0 Å². The maximum atomic E-state index is 12.0.